The Labute approximate surface area is 111 Å². The highest BCUT2D eigenvalue weighted by atomic mass is 16.3. The Kier molecular flexibility index (Phi) is 2.18. The maximum atomic E-state index is 9.64. The van der Waals surface area contributed by atoms with Crippen LogP contribution in [-0.2, 0) is 13.0 Å². The van der Waals surface area contributed by atoms with Crippen LogP contribution in [-0.4, -0.2) is 32.6 Å². The number of aromatic nitrogens is 2. The summed E-state index contributed by atoms with van der Waals surface area (Å²) in [6.07, 6.45) is 7.32. The second-order valence-electron chi connectivity index (χ2n) is 5.04. The van der Waals surface area contributed by atoms with Crippen LogP contribution in [0.2, 0.25) is 0 Å². The molecule has 19 heavy (non-hydrogen) atoms. The molecular formula is C15H15N3O. The van der Waals surface area contributed by atoms with Gasteiger partial charge in [-0.2, -0.15) is 0 Å². The zero-order valence-corrected chi connectivity index (χ0v) is 10.6. The Balaban J connectivity index is 1.71. The third-order valence-electron chi connectivity index (χ3n) is 3.91. The van der Waals surface area contributed by atoms with Gasteiger partial charge in [0, 0.05) is 37.8 Å². The van der Waals surface area contributed by atoms with Crippen LogP contribution in [0.1, 0.15) is 5.82 Å². The summed E-state index contributed by atoms with van der Waals surface area (Å²) in [5.74, 6) is 1.42. The number of fused-ring (bicyclic) bond motifs is 3. The van der Waals surface area contributed by atoms with Crippen LogP contribution in [0.4, 0.5) is 0 Å². The average Bonchev–Trinajstić information content (AvgIpc) is 2.54. The summed E-state index contributed by atoms with van der Waals surface area (Å²) in [4.78, 5) is 7.07. The van der Waals surface area contributed by atoms with Gasteiger partial charge in [0.25, 0.3) is 0 Å². The van der Waals surface area contributed by atoms with Crippen molar-refractivity contribution in [2.75, 3.05) is 13.1 Å². The lowest BCUT2D eigenvalue weighted by Crippen LogP contribution is -2.26. The van der Waals surface area contributed by atoms with Gasteiger partial charge in [0.2, 0.25) is 0 Å². The predicted octanol–water partition coefficient (Wildman–Crippen LogP) is 2.05. The van der Waals surface area contributed by atoms with Crippen LogP contribution >= 0.6 is 0 Å². The van der Waals surface area contributed by atoms with Crippen LogP contribution in [0.15, 0.2) is 42.1 Å². The molecule has 1 aromatic carbocycles. The standard InChI is InChI=1S/C15H15N3O/c19-12-4-5-13-14(10-12)18-9-8-17(11-2-1-3-11)7-6-15(18)16-13/h1-5,10,19H,6-9H2. The number of hydrogen-bond acceptors (Lipinski definition) is 3. The van der Waals surface area contributed by atoms with Crippen LogP contribution in [0.25, 0.3) is 11.0 Å². The van der Waals surface area contributed by atoms with Crippen LogP contribution < -0.4 is 0 Å². The minimum absolute atomic E-state index is 0.306. The number of imidazole rings is 1. The summed E-state index contributed by atoms with van der Waals surface area (Å²) in [6, 6.07) is 5.40. The molecule has 2 aliphatic rings. The zero-order valence-electron chi connectivity index (χ0n) is 10.6. The summed E-state index contributed by atoms with van der Waals surface area (Å²) in [5, 5.41) is 9.64. The summed E-state index contributed by atoms with van der Waals surface area (Å²) in [7, 11) is 0. The van der Waals surface area contributed by atoms with Gasteiger partial charge in [0.05, 0.1) is 11.0 Å². The van der Waals surface area contributed by atoms with Crippen molar-refractivity contribution in [2.24, 2.45) is 0 Å². The molecule has 1 aliphatic heterocycles. The summed E-state index contributed by atoms with van der Waals surface area (Å²) >= 11 is 0. The lowest BCUT2D eigenvalue weighted by atomic mass is 10.2. The maximum absolute atomic E-state index is 9.64. The number of phenols is 1. The third kappa shape index (κ3) is 1.63. The Morgan fingerprint density at radius 3 is 2.84 bits per heavy atom. The third-order valence-corrected chi connectivity index (χ3v) is 3.91. The fraction of sp³-hybridized carbons (Fsp3) is 0.267. The zero-order chi connectivity index (χ0) is 12.8. The highest BCUT2D eigenvalue weighted by molar-refractivity contribution is 5.77. The second-order valence-corrected chi connectivity index (χ2v) is 5.04. The van der Waals surface area contributed by atoms with Crippen molar-refractivity contribution in [2.45, 2.75) is 13.0 Å². The molecule has 4 nitrogen and oxygen atoms in total. The smallest absolute Gasteiger partial charge is 0.117 e. The normalized spacial score (nSPS) is 17.9. The second kappa shape index (κ2) is 3.88. The number of nitrogens with zero attached hydrogens (tertiary/aromatic N) is 3. The number of benzene rings is 1. The van der Waals surface area contributed by atoms with Crippen LogP contribution in [0.3, 0.4) is 0 Å². The van der Waals surface area contributed by atoms with Crippen molar-refractivity contribution < 1.29 is 5.11 Å². The quantitative estimate of drug-likeness (QED) is 0.845. The molecule has 96 valence electrons. The molecule has 0 bridgehead atoms. The first-order valence-electron chi connectivity index (χ1n) is 6.63. The molecule has 0 amide bonds. The molecule has 0 saturated heterocycles. The van der Waals surface area contributed by atoms with Crippen molar-refractivity contribution in [1.82, 2.24) is 14.5 Å². The molecule has 1 N–H and O–H groups in total. The molecule has 4 heteroatoms. The van der Waals surface area contributed by atoms with Gasteiger partial charge in [-0.05, 0) is 24.3 Å². The Hall–Kier alpha value is -2.23. The molecule has 0 atom stereocenters. The van der Waals surface area contributed by atoms with Gasteiger partial charge in [-0.1, -0.05) is 6.08 Å². The fourth-order valence-corrected chi connectivity index (χ4v) is 2.82. The predicted molar refractivity (Wildman–Crippen MR) is 73.9 cm³/mol. The molecule has 2 heterocycles. The first kappa shape index (κ1) is 10.7. The molecule has 2 aromatic rings. The van der Waals surface area contributed by atoms with E-state index in [-0.39, 0.29) is 0 Å². The van der Waals surface area contributed by atoms with E-state index in [0.717, 1.165) is 42.9 Å². The van der Waals surface area contributed by atoms with E-state index in [0.29, 0.717) is 5.75 Å². The van der Waals surface area contributed by atoms with Gasteiger partial charge in [-0.3, -0.25) is 0 Å². The van der Waals surface area contributed by atoms with E-state index >= 15 is 0 Å². The van der Waals surface area contributed by atoms with E-state index in [2.05, 4.69) is 32.7 Å². The van der Waals surface area contributed by atoms with Crippen molar-refractivity contribution in [3.8, 4) is 5.75 Å². The average molecular weight is 253 g/mol. The van der Waals surface area contributed by atoms with Gasteiger partial charge in [-0.15, -0.1) is 0 Å². The summed E-state index contributed by atoms with van der Waals surface area (Å²) < 4.78 is 2.23. The van der Waals surface area contributed by atoms with Crippen LogP contribution in [0.5, 0.6) is 5.75 Å². The highest BCUT2D eigenvalue weighted by Gasteiger charge is 2.19. The largest absolute Gasteiger partial charge is 0.508 e. The number of hydrogen-bond donors (Lipinski definition) is 1. The lowest BCUT2D eigenvalue weighted by Gasteiger charge is -2.25. The number of aromatic hydroxyl groups is 1. The number of allylic oxidation sites excluding steroid dienone is 3. The molecule has 0 spiro atoms. The van der Waals surface area contributed by atoms with Crippen LogP contribution in [0, 0.1) is 0 Å². The topological polar surface area (TPSA) is 41.3 Å². The fourth-order valence-electron chi connectivity index (χ4n) is 2.82. The van der Waals surface area contributed by atoms with Gasteiger partial charge >= 0.3 is 0 Å². The molecule has 0 unspecified atom stereocenters. The van der Waals surface area contributed by atoms with Gasteiger partial charge < -0.3 is 14.6 Å². The molecule has 1 aliphatic carbocycles. The molecular weight excluding hydrogens is 238 g/mol. The van der Waals surface area contributed by atoms with Gasteiger partial charge in [-0.25, -0.2) is 4.98 Å². The first-order chi connectivity index (χ1) is 9.31. The SMILES string of the molecule is Oc1ccc2nc3n(c2c1)CCN(C1=CC=C1)CC3. The first-order valence-corrected chi connectivity index (χ1v) is 6.63. The molecule has 4 rings (SSSR count). The van der Waals surface area contributed by atoms with E-state index in [4.69, 9.17) is 0 Å². The Morgan fingerprint density at radius 2 is 2.05 bits per heavy atom. The van der Waals surface area contributed by atoms with Crippen molar-refractivity contribution in [1.29, 1.82) is 0 Å². The van der Waals surface area contributed by atoms with E-state index in [1.54, 1.807) is 6.07 Å². The monoisotopic (exact) mass is 253 g/mol. The van der Waals surface area contributed by atoms with Gasteiger partial charge in [0.15, 0.2) is 0 Å². The Bertz CT molecular complexity index is 711. The van der Waals surface area contributed by atoms with E-state index in [9.17, 15) is 5.11 Å². The molecule has 1 aromatic heterocycles. The number of rotatable bonds is 1. The maximum Gasteiger partial charge on any atom is 0.117 e. The lowest BCUT2D eigenvalue weighted by molar-refractivity contribution is 0.359. The molecule has 0 fully saturated rings. The minimum atomic E-state index is 0.306. The van der Waals surface area contributed by atoms with Crippen molar-refractivity contribution in [3.63, 3.8) is 0 Å². The summed E-state index contributed by atoms with van der Waals surface area (Å²) in [5.41, 5.74) is 3.33. The van der Waals surface area contributed by atoms with E-state index < -0.39 is 0 Å². The number of phenolic OH excluding ortho intramolecular Hbond substituents is 1. The minimum Gasteiger partial charge on any atom is -0.508 e. The van der Waals surface area contributed by atoms with Crippen molar-refractivity contribution in [3.05, 3.63) is 47.9 Å². The van der Waals surface area contributed by atoms with E-state index in [1.807, 2.05) is 12.1 Å². The molecule has 0 radical (unpaired) electrons. The molecule has 0 saturated carbocycles. The van der Waals surface area contributed by atoms with E-state index in [1.165, 1.54) is 5.70 Å². The van der Waals surface area contributed by atoms with Crippen molar-refractivity contribution >= 4 is 11.0 Å². The highest BCUT2D eigenvalue weighted by Crippen LogP contribution is 2.24. The Morgan fingerprint density at radius 1 is 1.16 bits per heavy atom. The van der Waals surface area contributed by atoms with Gasteiger partial charge in [0.1, 0.15) is 11.6 Å². The summed E-state index contributed by atoms with van der Waals surface area (Å²) in [6.45, 7) is 2.91.